The topological polar surface area (TPSA) is 26.0 Å². The second-order valence-electron chi connectivity index (χ2n) is 3.41. The van der Waals surface area contributed by atoms with E-state index >= 15 is 0 Å². The number of rotatable bonds is 4. The van der Waals surface area contributed by atoms with Crippen molar-refractivity contribution >= 4 is 15.9 Å². The lowest BCUT2D eigenvalue weighted by atomic mass is 10.0. The molecule has 0 aliphatic heterocycles. The average Bonchev–Trinajstić information content (AvgIpc) is 2.16. The second kappa shape index (κ2) is 5.89. The molecular formula is C12H13BrFN. The van der Waals surface area contributed by atoms with Crippen molar-refractivity contribution in [3.63, 3.8) is 0 Å². The van der Waals surface area contributed by atoms with Crippen molar-refractivity contribution in [1.29, 1.82) is 0 Å². The number of benzene rings is 1. The van der Waals surface area contributed by atoms with Gasteiger partial charge >= 0.3 is 0 Å². The van der Waals surface area contributed by atoms with Crippen molar-refractivity contribution in [1.82, 2.24) is 0 Å². The minimum Gasteiger partial charge on any atom is -0.324 e. The molecule has 0 bridgehead atoms. The van der Waals surface area contributed by atoms with E-state index in [1.54, 1.807) is 0 Å². The maximum Gasteiger partial charge on any atom is 0.124 e. The standard InChI is InChI=1S/C12H13BrFN/c1-2-3-4-5-12(15)9-6-10(13)8-11(14)7-9/h1,6-8,12H,3-5,15H2. The zero-order chi connectivity index (χ0) is 11.3. The Morgan fingerprint density at radius 1 is 1.47 bits per heavy atom. The lowest BCUT2D eigenvalue weighted by molar-refractivity contribution is 0.597. The fourth-order valence-electron chi connectivity index (χ4n) is 1.38. The molecule has 1 unspecified atom stereocenters. The zero-order valence-corrected chi connectivity index (χ0v) is 9.93. The first kappa shape index (κ1) is 12.2. The van der Waals surface area contributed by atoms with Gasteiger partial charge in [-0.15, -0.1) is 12.3 Å². The fraction of sp³-hybridized carbons (Fsp3) is 0.333. The van der Waals surface area contributed by atoms with Crippen LogP contribution in [0.2, 0.25) is 0 Å². The summed E-state index contributed by atoms with van der Waals surface area (Å²) in [6.45, 7) is 0. The molecular weight excluding hydrogens is 257 g/mol. The van der Waals surface area contributed by atoms with Gasteiger partial charge in [-0.1, -0.05) is 15.9 Å². The minimum atomic E-state index is -0.272. The van der Waals surface area contributed by atoms with Crippen LogP contribution in [0.15, 0.2) is 22.7 Å². The van der Waals surface area contributed by atoms with Crippen LogP contribution in [0.1, 0.15) is 30.9 Å². The average molecular weight is 270 g/mol. The van der Waals surface area contributed by atoms with Crippen molar-refractivity contribution < 1.29 is 4.39 Å². The zero-order valence-electron chi connectivity index (χ0n) is 8.34. The Morgan fingerprint density at radius 3 is 2.80 bits per heavy atom. The summed E-state index contributed by atoms with van der Waals surface area (Å²) in [5.41, 5.74) is 6.72. The van der Waals surface area contributed by atoms with Crippen molar-refractivity contribution in [3.8, 4) is 12.3 Å². The highest BCUT2D eigenvalue weighted by atomic mass is 79.9. The molecule has 0 aliphatic rings. The van der Waals surface area contributed by atoms with Crippen LogP contribution >= 0.6 is 15.9 Å². The van der Waals surface area contributed by atoms with Gasteiger partial charge in [0.2, 0.25) is 0 Å². The highest BCUT2D eigenvalue weighted by Crippen LogP contribution is 2.22. The predicted octanol–water partition coefficient (Wildman–Crippen LogP) is 3.39. The smallest absolute Gasteiger partial charge is 0.124 e. The summed E-state index contributed by atoms with van der Waals surface area (Å²) in [6, 6.07) is 4.57. The molecule has 1 atom stereocenters. The van der Waals surface area contributed by atoms with Crippen molar-refractivity contribution in [2.75, 3.05) is 0 Å². The normalized spacial score (nSPS) is 12.1. The third kappa shape index (κ3) is 4.03. The second-order valence-corrected chi connectivity index (χ2v) is 4.32. The summed E-state index contributed by atoms with van der Waals surface area (Å²) in [5.74, 6) is 2.29. The van der Waals surface area contributed by atoms with Gasteiger partial charge in [0.15, 0.2) is 0 Å². The highest BCUT2D eigenvalue weighted by Gasteiger charge is 2.07. The molecule has 1 aromatic rings. The molecule has 0 aromatic heterocycles. The molecule has 3 heteroatoms. The van der Waals surface area contributed by atoms with E-state index in [1.807, 2.05) is 6.07 Å². The van der Waals surface area contributed by atoms with Gasteiger partial charge < -0.3 is 5.73 Å². The van der Waals surface area contributed by atoms with E-state index in [4.69, 9.17) is 12.2 Å². The van der Waals surface area contributed by atoms with Crippen molar-refractivity contribution in [2.45, 2.75) is 25.3 Å². The van der Waals surface area contributed by atoms with Gasteiger partial charge in [-0.2, -0.15) is 0 Å². The fourth-order valence-corrected chi connectivity index (χ4v) is 1.86. The van der Waals surface area contributed by atoms with Crippen LogP contribution in [-0.4, -0.2) is 0 Å². The number of hydrogen-bond donors (Lipinski definition) is 1. The van der Waals surface area contributed by atoms with Gasteiger partial charge in [-0.05, 0) is 36.6 Å². The van der Waals surface area contributed by atoms with E-state index in [1.165, 1.54) is 12.1 Å². The SMILES string of the molecule is C#CCCCC(N)c1cc(F)cc(Br)c1. The maximum absolute atomic E-state index is 13.1. The monoisotopic (exact) mass is 269 g/mol. The molecule has 1 aromatic carbocycles. The van der Waals surface area contributed by atoms with E-state index < -0.39 is 0 Å². The van der Waals surface area contributed by atoms with Gasteiger partial charge in [0.05, 0.1) is 0 Å². The summed E-state index contributed by atoms with van der Waals surface area (Å²) in [7, 11) is 0. The van der Waals surface area contributed by atoms with E-state index in [-0.39, 0.29) is 11.9 Å². The van der Waals surface area contributed by atoms with E-state index in [2.05, 4.69) is 21.9 Å². The lowest BCUT2D eigenvalue weighted by Crippen LogP contribution is -2.10. The summed E-state index contributed by atoms with van der Waals surface area (Å²) >= 11 is 3.24. The van der Waals surface area contributed by atoms with Crippen LogP contribution in [0, 0.1) is 18.2 Å². The Hall–Kier alpha value is -0.850. The molecule has 2 N–H and O–H groups in total. The molecule has 1 rings (SSSR count). The number of halogens is 2. The third-order valence-electron chi connectivity index (χ3n) is 2.15. The first-order chi connectivity index (χ1) is 7.13. The van der Waals surface area contributed by atoms with Crippen molar-refractivity contribution in [3.05, 3.63) is 34.1 Å². The molecule has 0 radical (unpaired) electrons. The molecule has 80 valence electrons. The number of terminal acetylenes is 1. The van der Waals surface area contributed by atoms with Crippen LogP contribution in [0.25, 0.3) is 0 Å². The molecule has 0 heterocycles. The van der Waals surface area contributed by atoms with Gasteiger partial charge in [-0.25, -0.2) is 4.39 Å². The molecule has 0 saturated carbocycles. The van der Waals surface area contributed by atoms with Gasteiger partial charge in [-0.3, -0.25) is 0 Å². The largest absolute Gasteiger partial charge is 0.324 e. The summed E-state index contributed by atoms with van der Waals surface area (Å²) in [6.07, 6.45) is 7.50. The first-order valence-electron chi connectivity index (χ1n) is 4.78. The molecule has 0 saturated heterocycles. The Morgan fingerprint density at radius 2 is 2.20 bits per heavy atom. The Balaban J connectivity index is 2.65. The van der Waals surface area contributed by atoms with E-state index in [0.29, 0.717) is 10.9 Å². The lowest BCUT2D eigenvalue weighted by Gasteiger charge is -2.11. The van der Waals surface area contributed by atoms with E-state index in [0.717, 1.165) is 18.4 Å². The maximum atomic E-state index is 13.1. The molecule has 0 amide bonds. The Labute approximate surface area is 98.0 Å². The number of nitrogens with two attached hydrogens (primary N) is 1. The first-order valence-corrected chi connectivity index (χ1v) is 5.58. The summed E-state index contributed by atoms with van der Waals surface area (Å²) in [4.78, 5) is 0. The summed E-state index contributed by atoms with van der Waals surface area (Å²) < 4.78 is 13.8. The third-order valence-corrected chi connectivity index (χ3v) is 2.61. The molecule has 0 fully saturated rings. The molecule has 0 spiro atoms. The predicted molar refractivity (Wildman–Crippen MR) is 63.7 cm³/mol. The highest BCUT2D eigenvalue weighted by molar-refractivity contribution is 9.10. The van der Waals surface area contributed by atoms with Crippen LogP contribution in [0.5, 0.6) is 0 Å². The van der Waals surface area contributed by atoms with Gasteiger partial charge in [0.25, 0.3) is 0 Å². The minimum absolute atomic E-state index is 0.148. The molecule has 1 nitrogen and oxygen atoms in total. The van der Waals surface area contributed by atoms with Crippen LogP contribution < -0.4 is 5.73 Å². The van der Waals surface area contributed by atoms with Gasteiger partial charge in [0.1, 0.15) is 5.82 Å². The van der Waals surface area contributed by atoms with Crippen molar-refractivity contribution in [2.24, 2.45) is 5.73 Å². The van der Waals surface area contributed by atoms with Crippen LogP contribution in [0.4, 0.5) is 4.39 Å². The number of unbranched alkanes of at least 4 members (excludes halogenated alkanes) is 1. The van der Waals surface area contributed by atoms with Gasteiger partial charge in [0, 0.05) is 16.9 Å². The number of hydrogen-bond acceptors (Lipinski definition) is 1. The quantitative estimate of drug-likeness (QED) is 0.658. The molecule has 15 heavy (non-hydrogen) atoms. The summed E-state index contributed by atoms with van der Waals surface area (Å²) in [5, 5.41) is 0. The van der Waals surface area contributed by atoms with Crippen LogP contribution in [0.3, 0.4) is 0 Å². The Kier molecular flexibility index (Phi) is 4.80. The molecule has 0 aliphatic carbocycles. The van der Waals surface area contributed by atoms with Crippen LogP contribution in [-0.2, 0) is 0 Å². The Bertz CT molecular complexity index is 350. The van der Waals surface area contributed by atoms with E-state index in [9.17, 15) is 4.39 Å².